The first-order valence-corrected chi connectivity index (χ1v) is 11.4. The van der Waals surface area contributed by atoms with Crippen LogP contribution in [0.3, 0.4) is 0 Å². The first-order chi connectivity index (χ1) is 12.4. The Labute approximate surface area is 155 Å². The highest BCUT2D eigenvalue weighted by atomic mass is 32.2. The number of ether oxygens (including phenoxy) is 1. The molecule has 1 spiro atoms. The van der Waals surface area contributed by atoms with Crippen LogP contribution >= 0.6 is 0 Å². The zero-order valence-corrected chi connectivity index (χ0v) is 16.3. The lowest BCUT2D eigenvalue weighted by molar-refractivity contribution is -0.929. The number of imide groups is 1. The smallest absolute Gasteiger partial charge is 0.329 e. The number of carbonyl (C=O) groups is 2. The second-order valence-electron chi connectivity index (χ2n) is 7.82. The van der Waals surface area contributed by atoms with Crippen molar-refractivity contribution < 1.29 is 27.6 Å². The van der Waals surface area contributed by atoms with Crippen molar-refractivity contribution in [2.45, 2.75) is 56.5 Å². The predicted octanol–water partition coefficient (Wildman–Crippen LogP) is -0.693. The SMILES string of the molecule is COCC[NH+](CN1C(=O)NC2(CCCCCC2)C1=O)[C@@H]1CCS(=O)(=O)C1. The molecule has 0 aromatic heterocycles. The minimum atomic E-state index is -3.02. The maximum atomic E-state index is 13.1. The van der Waals surface area contributed by atoms with E-state index in [1.165, 1.54) is 4.90 Å². The number of nitrogens with zero attached hydrogens (tertiary/aromatic N) is 1. The lowest BCUT2D eigenvalue weighted by Crippen LogP contribution is -3.18. The zero-order chi connectivity index (χ0) is 18.8. The average Bonchev–Trinajstić information content (AvgIpc) is 2.93. The van der Waals surface area contributed by atoms with Gasteiger partial charge in [-0.05, 0) is 12.8 Å². The summed E-state index contributed by atoms with van der Waals surface area (Å²) in [6.07, 6.45) is 6.03. The predicted molar refractivity (Wildman–Crippen MR) is 95.4 cm³/mol. The number of hydrogen-bond donors (Lipinski definition) is 2. The molecule has 2 heterocycles. The Morgan fingerprint density at radius 1 is 1.23 bits per heavy atom. The third-order valence-corrected chi connectivity index (χ3v) is 7.77. The Balaban J connectivity index is 1.73. The normalized spacial score (nSPS) is 29.0. The van der Waals surface area contributed by atoms with E-state index in [9.17, 15) is 18.0 Å². The quantitative estimate of drug-likeness (QED) is 0.587. The van der Waals surface area contributed by atoms with Gasteiger partial charge in [-0.25, -0.2) is 18.1 Å². The van der Waals surface area contributed by atoms with Gasteiger partial charge in [0.15, 0.2) is 16.5 Å². The minimum absolute atomic E-state index is 0.0959. The molecule has 8 nitrogen and oxygen atoms in total. The van der Waals surface area contributed by atoms with Crippen molar-refractivity contribution in [3.05, 3.63) is 0 Å². The second kappa shape index (κ2) is 7.82. The van der Waals surface area contributed by atoms with Gasteiger partial charge < -0.3 is 15.0 Å². The largest absolute Gasteiger partial charge is 0.379 e. The van der Waals surface area contributed by atoms with Crippen LogP contribution in [0.25, 0.3) is 0 Å². The van der Waals surface area contributed by atoms with Crippen molar-refractivity contribution >= 4 is 21.8 Å². The van der Waals surface area contributed by atoms with Crippen LogP contribution in [0.15, 0.2) is 0 Å². The highest BCUT2D eigenvalue weighted by Crippen LogP contribution is 2.32. The molecule has 3 amide bonds. The topological polar surface area (TPSA) is 97.2 Å². The summed E-state index contributed by atoms with van der Waals surface area (Å²) < 4.78 is 28.9. The highest BCUT2D eigenvalue weighted by Gasteiger charge is 2.52. The van der Waals surface area contributed by atoms with E-state index in [4.69, 9.17) is 4.74 Å². The van der Waals surface area contributed by atoms with Gasteiger partial charge in [-0.2, -0.15) is 0 Å². The van der Waals surface area contributed by atoms with Crippen LogP contribution in [0.2, 0.25) is 0 Å². The van der Waals surface area contributed by atoms with E-state index in [1.54, 1.807) is 7.11 Å². The summed E-state index contributed by atoms with van der Waals surface area (Å²) >= 11 is 0. The highest BCUT2D eigenvalue weighted by molar-refractivity contribution is 7.91. The zero-order valence-electron chi connectivity index (χ0n) is 15.5. The molecule has 2 N–H and O–H groups in total. The fourth-order valence-electron chi connectivity index (χ4n) is 4.46. The van der Waals surface area contributed by atoms with Crippen molar-refractivity contribution in [2.75, 3.05) is 38.4 Å². The first kappa shape index (κ1) is 19.6. The van der Waals surface area contributed by atoms with E-state index in [0.29, 0.717) is 32.4 Å². The van der Waals surface area contributed by atoms with Gasteiger partial charge in [-0.1, -0.05) is 25.7 Å². The van der Waals surface area contributed by atoms with E-state index in [0.717, 1.165) is 30.6 Å². The molecule has 1 aliphatic carbocycles. The molecule has 3 aliphatic rings. The van der Waals surface area contributed by atoms with E-state index in [-0.39, 0.29) is 36.2 Å². The number of carbonyl (C=O) groups excluding carboxylic acids is 2. The van der Waals surface area contributed by atoms with Crippen LogP contribution < -0.4 is 10.2 Å². The maximum Gasteiger partial charge on any atom is 0.329 e. The van der Waals surface area contributed by atoms with Crippen molar-refractivity contribution in [3.63, 3.8) is 0 Å². The van der Waals surface area contributed by atoms with E-state index in [1.807, 2.05) is 0 Å². The fraction of sp³-hybridized carbons (Fsp3) is 0.882. The summed E-state index contributed by atoms with van der Waals surface area (Å²) in [5.74, 6) is 0.152. The molecule has 148 valence electrons. The van der Waals surface area contributed by atoms with E-state index >= 15 is 0 Å². The average molecular weight is 389 g/mol. The number of nitrogens with one attached hydrogen (secondary N) is 2. The molecular weight excluding hydrogens is 358 g/mol. The lowest BCUT2D eigenvalue weighted by atomic mass is 9.90. The van der Waals surface area contributed by atoms with Gasteiger partial charge in [0.05, 0.1) is 12.4 Å². The second-order valence-corrected chi connectivity index (χ2v) is 10.0. The molecule has 0 aromatic rings. The molecule has 1 unspecified atom stereocenters. The van der Waals surface area contributed by atoms with Crippen LogP contribution in [-0.4, -0.2) is 75.3 Å². The molecule has 2 atom stereocenters. The fourth-order valence-corrected chi connectivity index (χ4v) is 6.28. The Bertz CT molecular complexity index is 643. The van der Waals surface area contributed by atoms with E-state index < -0.39 is 15.4 Å². The lowest BCUT2D eigenvalue weighted by Gasteiger charge is -2.29. The number of urea groups is 1. The summed E-state index contributed by atoms with van der Waals surface area (Å²) in [6.45, 7) is 1.23. The van der Waals surface area contributed by atoms with Crippen molar-refractivity contribution in [2.24, 2.45) is 0 Å². The summed E-state index contributed by atoms with van der Waals surface area (Å²) in [7, 11) is -1.43. The number of hydrogen-bond acceptors (Lipinski definition) is 5. The van der Waals surface area contributed by atoms with Gasteiger partial charge in [-0.15, -0.1) is 0 Å². The van der Waals surface area contributed by atoms with Gasteiger partial charge in [0.2, 0.25) is 0 Å². The number of quaternary nitrogens is 1. The summed E-state index contributed by atoms with van der Waals surface area (Å²) in [6, 6.07) is -0.436. The van der Waals surface area contributed by atoms with Crippen LogP contribution in [0.5, 0.6) is 0 Å². The summed E-state index contributed by atoms with van der Waals surface area (Å²) in [4.78, 5) is 27.9. The van der Waals surface area contributed by atoms with Gasteiger partial charge in [-0.3, -0.25) is 4.79 Å². The van der Waals surface area contributed by atoms with Gasteiger partial charge >= 0.3 is 6.03 Å². The van der Waals surface area contributed by atoms with Crippen LogP contribution in [-0.2, 0) is 19.4 Å². The van der Waals surface area contributed by atoms with Crippen LogP contribution in [0, 0.1) is 0 Å². The van der Waals surface area contributed by atoms with Gasteiger partial charge in [0.25, 0.3) is 5.91 Å². The van der Waals surface area contributed by atoms with Crippen molar-refractivity contribution in [1.82, 2.24) is 10.2 Å². The molecule has 2 aliphatic heterocycles. The maximum absolute atomic E-state index is 13.1. The molecule has 0 bridgehead atoms. The third kappa shape index (κ3) is 4.04. The van der Waals surface area contributed by atoms with Crippen molar-refractivity contribution in [1.29, 1.82) is 0 Å². The van der Waals surface area contributed by atoms with E-state index in [2.05, 4.69) is 5.32 Å². The molecule has 0 radical (unpaired) electrons. The number of amides is 3. The molecule has 9 heteroatoms. The van der Waals surface area contributed by atoms with Gasteiger partial charge in [0, 0.05) is 13.5 Å². The summed E-state index contributed by atoms with van der Waals surface area (Å²) in [5, 5.41) is 2.95. The molecular formula is C17H30N3O5S+. The summed E-state index contributed by atoms with van der Waals surface area (Å²) in [5.41, 5.74) is -0.748. The molecule has 0 aromatic carbocycles. The first-order valence-electron chi connectivity index (χ1n) is 9.55. The Kier molecular flexibility index (Phi) is 5.88. The number of methoxy groups -OCH3 is 1. The van der Waals surface area contributed by atoms with Crippen LogP contribution in [0.4, 0.5) is 4.79 Å². The number of rotatable bonds is 6. The Morgan fingerprint density at radius 3 is 2.50 bits per heavy atom. The third-order valence-electron chi connectivity index (χ3n) is 6.00. The number of sulfone groups is 1. The van der Waals surface area contributed by atoms with Crippen molar-refractivity contribution in [3.8, 4) is 0 Å². The molecule has 1 saturated carbocycles. The molecule has 3 fully saturated rings. The molecule has 3 rings (SSSR count). The van der Waals surface area contributed by atoms with Gasteiger partial charge in [0.1, 0.15) is 23.9 Å². The standard InChI is InChI=1S/C17H29N3O5S/c1-25-10-9-19(14-6-11-26(23,24)12-14)13-20-15(21)17(18-16(20)22)7-4-2-3-5-8-17/h14H,2-13H2,1H3,(H,18,22)/p+1/t14-/m1/s1. The molecule has 26 heavy (non-hydrogen) atoms. The molecule has 2 saturated heterocycles. The van der Waals surface area contributed by atoms with Crippen LogP contribution in [0.1, 0.15) is 44.9 Å². The minimum Gasteiger partial charge on any atom is -0.379 e. The Morgan fingerprint density at radius 2 is 1.92 bits per heavy atom. The Hall–Kier alpha value is -1.19. The monoisotopic (exact) mass is 388 g/mol.